The third-order valence-corrected chi connectivity index (χ3v) is 3.99. The molecule has 2 rings (SSSR count). The molecule has 0 spiro atoms. The fraction of sp³-hybridized carbons (Fsp3) is 0.385. The summed E-state index contributed by atoms with van der Waals surface area (Å²) in [6.45, 7) is 1.73. The van der Waals surface area contributed by atoms with Crippen LogP contribution in [0.1, 0.15) is 17.3 Å². The van der Waals surface area contributed by atoms with Crippen molar-refractivity contribution in [1.82, 2.24) is 5.32 Å². The van der Waals surface area contributed by atoms with Crippen molar-refractivity contribution in [1.29, 1.82) is 0 Å². The second-order valence-corrected chi connectivity index (χ2v) is 5.73. The highest BCUT2D eigenvalue weighted by Crippen LogP contribution is 2.29. The van der Waals surface area contributed by atoms with E-state index in [9.17, 15) is 14.7 Å². The molecule has 1 fully saturated rings. The molecule has 1 amide bonds. The Morgan fingerprint density at radius 1 is 1.45 bits per heavy atom. The van der Waals surface area contributed by atoms with Gasteiger partial charge in [0.2, 0.25) is 0 Å². The molecule has 0 bridgehead atoms. The normalized spacial score (nSPS) is 25.4. The van der Waals surface area contributed by atoms with Gasteiger partial charge in [-0.25, -0.2) is 0 Å². The zero-order chi connectivity index (χ0) is 14.9. The van der Waals surface area contributed by atoms with Crippen molar-refractivity contribution in [3.05, 3.63) is 33.8 Å². The van der Waals surface area contributed by atoms with E-state index in [4.69, 9.17) is 27.9 Å². The summed E-state index contributed by atoms with van der Waals surface area (Å²) in [5.41, 5.74) is -0.945. The smallest absolute Gasteiger partial charge is 0.313 e. The van der Waals surface area contributed by atoms with Gasteiger partial charge in [-0.15, -0.1) is 0 Å². The number of amides is 1. The van der Waals surface area contributed by atoms with E-state index in [0.29, 0.717) is 5.02 Å². The van der Waals surface area contributed by atoms with Crippen molar-refractivity contribution in [3.63, 3.8) is 0 Å². The van der Waals surface area contributed by atoms with E-state index in [1.807, 2.05) is 0 Å². The van der Waals surface area contributed by atoms with Crippen LogP contribution in [0.5, 0.6) is 0 Å². The van der Waals surface area contributed by atoms with Gasteiger partial charge in [0.05, 0.1) is 29.8 Å². The van der Waals surface area contributed by atoms with Gasteiger partial charge in [0.25, 0.3) is 5.91 Å². The Kier molecular flexibility index (Phi) is 4.22. The SMILES string of the molecule is CC1(C(=O)O)COCC1NC(=O)c1cc(Cl)ccc1Cl. The molecule has 0 aliphatic carbocycles. The van der Waals surface area contributed by atoms with Crippen LogP contribution in [0, 0.1) is 5.41 Å². The summed E-state index contributed by atoms with van der Waals surface area (Å²) in [6.07, 6.45) is 0. The van der Waals surface area contributed by atoms with Crippen molar-refractivity contribution >= 4 is 35.1 Å². The third-order valence-electron chi connectivity index (χ3n) is 3.42. The molecule has 1 saturated heterocycles. The fourth-order valence-electron chi connectivity index (χ4n) is 1.99. The highest BCUT2D eigenvalue weighted by Gasteiger charge is 2.47. The first-order valence-corrected chi connectivity index (χ1v) is 6.67. The maximum absolute atomic E-state index is 12.2. The first-order chi connectivity index (χ1) is 9.34. The number of benzene rings is 1. The molecule has 1 aromatic rings. The number of carboxylic acid groups (broad SMARTS) is 1. The lowest BCUT2D eigenvalue weighted by molar-refractivity contribution is -0.148. The summed E-state index contributed by atoms with van der Waals surface area (Å²) in [7, 11) is 0. The largest absolute Gasteiger partial charge is 0.481 e. The lowest BCUT2D eigenvalue weighted by Gasteiger charge is -2.25. The molecular weight excluding hydrogens is 305 g/mol. The van der Waals surface area contributed by atoms with Crippen molar-refractivity contribution in [2.24, 2.45) is 5.41 Å². The molecule has 0 saturated carbocycles. The van der Waals surface area contributed by atoms with Gasteiger partial charge in [-0.2, -0.15) is 0 Å². The summed E-state index contributed by atoms with van der Waals surface area (Å²) in [5, 5.41) is 12.5. The fourth-order valence-corrected chi connectivity index (χ4v) is 2.37. The number of aliphatic carboxylic acids is 1. The van der Waals surface area contributed by atoms with Gasteiger partial charge in [-0.05, 0) is 25.1 Å². The highest BCUT2D eigenvalue weighted by atomic mass is 35.5. The Labute approximate surface area is 125 Å². The monoisotopic (exact) mass is 317 g/mol. The first-order valence-electron chi connectivity index (χ1n) is 5.91. The van der Waals surface area contributed by atoms with Crippen molar-refractivity contribution in [2.75, 3.05) is 13.2 Å². The van der Waals surface area contributed by atoms with Gasteiger partial charge in [0.15, 0.2) is 0 Å². The highest BCUT2D eigenvalue weighted by molar-refractivity contribution is 6.35. The number of rotatable bonds is 3. The molecule has 5 nitrogen and oxygen atoms in total. The minimum atomic E-state index is -1.15. The van der Waals surface area contributed by atoms with Crippen molar-refractivity contribution in [3.8, 4) is 0 Å². The van der Waals surface area contributed by atoms with Crippen LogP contribution < -0.4 is 5.32 Å². The number of hydrogen-bond acceptors (Lipinski definition) is 3. The quantitative estimate of drug-likeness (QED) is 0.896. The van der Waals surface area contributed by atoms with E-state index in [1.165, 1.54) is 19.1 Å². The minimum Gasteiger partial charge on any atom is -0.481 e. The van der Waals surface area contributed by atoms with E-state index >= 15 is 0 Å². The van der Waals surface area contributed by atoms with Crippen LogP contribution in [0.4, 0.5) is 0 Å². The maximum Gasteiger partial charge on any atom is 0.313 e. The Balaban J connectivity index is 2.19. The molecule has 1 heterocycles. The van der Waals surface area contributed by atoms with E-state index in [-0.39, 0.29) is 23.8 Å². The topological polar surface area (TPSA) is 75.6 Å². The molecule has 2 atom stereocenters. The Morgan fingerprint density at radius 2 is 2.15 bits per heavy atom. The first kappa shape index (κ1) is 15.1. The van der Waals surface area contributed by atoms with Gasteiger partial charge < -0.3 is 15.2 Å². The summed E-state index contributed by atoms with van der Waals surface area (Å²) in [4.78, 5) is 23.5. The molecule has 2 N–H and O–H groups in total. The lowest BCUT2D eigenvalue weighted by Crippen LogP contribution is -2.49. The molecule has 1 aliphatic rings. The minimum absolute atomic E-state index is 0.0521. The van der Waals surface area contributed by atoms with Crippen LogP contribution in [0.2, 0.25) is 10.0 Å². The van der Waals surface area contributed by atoms with Crippen LogP contribution >= 0.6 is 23.2 Å². The van der Waals surface area contributed by atoms with Crippen LogP contribution in [0.25, 0.3) is 0 Å². The second-order valence-electron chi connectivity index (χ2n) is 4.89. The summed E-state index contributed by atoms with van der Waals surface area (Å²) < 4.78 is 5.17. The lowest BCUT2D eigenvalue weighted by atomic mass is 9.85. The van der Waals surface area contributed by atoms with Crippen LogP contribution in [0.3, 0.4) is 0 Å². The molecule has 1 aromatic carbocycles. The molecule has 0 aromatic heterocycles. The van der Waals surface area contributed by atoms with E-state index in [2.05, 4.69) is 5.32 Å². The molecule has 1 aliphatic heterocycles. The maximum atomic E-state index is 12.2. The summed E-state index contributed by atoms with van der Waals surface area (Å²) >= 11 is 11.8. The summed E-state index contributed by atoms with van der Waals surface area (Å²) in [5.74, 6) is -1.49. The molecule has 108 valence electrons. The number of halogens is 2. The zero-order valence-electron chi connectivity index (χ0n) is 10.7. The van der Waals surface area contributed by atoms with E-state index < -0.39 is 23.3 Å². The number of carboxylic acids is 1. The van der Waals surface area contributed by atoms with Gasteiger partial charge >= 0.3 is 5.97 Å². The number of ether oxygens (including phenoxy) is 1. The number of carbonyl (C=O) groups is 2. The van der Waals surface area contributed by atoms with Gasteiger partial charge in [-0.3, -0.25) is 9.59 Å². The van der Waals surface area contributed by atoms with Gasteiger partial charge in [0, 0.05) is 5.02 Å². The Hall–Kier alpha value is -1.30. The third kappa shape index (κ3) is 2.75. The standard InChI is InChI=1S/C13H13Cl2NO4/c1-13(12(18)19)6-20-5-10(13)16-11(17)8-4-7(14)2-3-9(8)15/h2-4,10H,5-6H2,1H3,(H,16,17)(H,18,19). The molecule has 2 unspecified atom stereocenters. The second kappa shape index (κ2) is 5.60. The predicted octanol–water partition coefficient (Wildman–Crippen LogP) is 2.21. The average Bonchev–Trinajstić information content (AvgIpc) is 2.75. The Morgan fingerprint density at radius 3 is 2.80 bits per heavy atom. The van der Waals surface area contributed by atoms with E-state index in [1.54, 1.807) is 6.07 Å². The summed E-state index contributed by atoms with van der Waals surface area (Å²) in [6, 6.07) is 3.90. The zero-order valence-corrected chi connectivity index (χ0v) is 12.2. The van der Waals surface area contributed by atoms with Gasteiger partial charge in [-0.1, -0.05) is 23.2 Å². The van der Waals surface area contributed by atoms with E-state index in [0.717, 1.165) is 0 Å². The molecular formula is C13H13Cl2NO4. The van der Waals surface area contributed by atoms with Crippen molar-refractivity contribution in [2.45, 2.75) is 13.0 Å². The number of nitrogens with one attached hydrogen (secondary N) is 1. The predicted molar refractivity (Wildman–Crippen MR) is 74.3 cm³/mol. The van der Waals surface area contributed by atoms with Crippen LogP contribution in [0.15, 0.2) is 18.2 Å². The molecule has 0 radical (unpaired) electrons. The Bertz CT molecular complexity index is 563. The molecule has 20 heavy (non-hydrogen) atoms. The van der Waals surface area contributed by atoms with Gasteiger partial charge in [0.1, 0.15) is 5.41 Å². The average molecular weight is 318 g/mol. The van der Waals surface area contributed by atoms with Crippen LogP contribution in [-0.2, 0) is 9.53 Å². The number of hydrogen-bond donors (Lipinski definition) is 2. The number of carbonyl (C=O) groups excluding carboxylic acids is 1. The van der Waals surface area contributed by atoms with Crippen molar-refractivity contribution < 1.29 is 19.4 Å². The van der Waals surface area contributed by atoms with Crippen LogP contribution in [-0.4, -0.2) is 36.2 Å². The molecule has 7 heteroatoms.